The first kappa shape index (κ1) is 19.8. The number of ether oxygens (including phenoxy) is 1. The molecule has 1 saturated heterocycles. The Morgan fingerprint density at radius 3 is 2.22 bits per heavy atom. The molecule has 0 spiro atoms. The summed E-state index contributed by atoms with van der Waals surface area (Å²) in [7, 11) is -7.46. The van der Waals surface area contributed by atoms with Crippen LogP contribution in [-0.2, 0) is 31.2 Å². The van der Waals surface area contributed by atoms with E-state index in [9.17, 15) is 16.8 Å². The van der Waals surface area contributed by atoms with E-state index < -0.39 is 20.0 Å². The number of hydrogen-bond acceptors (Lipinski definition) is 5. The smallest absolute Gasteiger partial charge is 0.261 e. The molecule has 0 amide bonds. The van der Waals surface area contributed by atoms with E-state index in [0.717, 1.165) is 12.0 Å². The second-order valence-electron chi connectivity index (χ2n) is 6.15. The van der Waals surface area contributed by atoms with Gasteiger partial charge in [-0.1, -0.05) is 19.1 Å². The maximum Gasteiger partial charge on any atom is 0.261 e. The van der Waals surface area contributed by atoms with Crippen LogP contribution in [0.5, 0.6) is 0 Å². The van der Waals surface area contributed by atoms with Gasteiger partial charge < -0.3 is 4.74 Å². The van der Waals surface area contributed by atoms with Crippen molar-refractivity contribution in [2.24, 2.45) is 0 Å². The summed E-state index contributed by atoms with van der Waals surface area (Å²) in [6.45, 7) is 3.27. The first-order valence-corrected chi connectivity index (χ1v) is 11.5. The Bertz CT molecular complexity index is 996. The predicted molar refractivity (Wildman–Crippen MR) is 103 cm³/mol. The Balaban J connectivity index is 1.81. The lowest BCUT2D eigenvalue weighted by molar-refractivity contribution is 0.0730. The molecule has 0 aromatic heterocycles. The maximum absolute atomic E-state index is 12.6. The predicted octanol–water partition coefficient (Wildman–Crippen LogP) is 2.07. The standard InChI is InChI=1S/C18H22N2O5S2/c1-2-15-4-3-5-16(14-15)19-26(21,22)17-6-8-18(9-7-17)27(23,24)20-10-12-25-13-11-20/h3-9,14,19H,2,10-13H2,1H3. The van der Waals surface area contributed by atoms with E-state index in [1.807, 2.05) is 13.0 Å². The van der Waals surface area contributed by atoms with Crippen molar-refractivity contribution in [3.63, 3.8) is 0 Å². The molecular formula is C18H22N2O5S2. The van der Waals surface area contributed by atoms with E-state index >= 15 is 0 Å². The van der Waals surface area contributed by atoms with E-state index in [1.54, 1.807) is 18.2 Å². The van der Waals surface area contributed by atoms with Gasteiger partial charge in [-0.15, -0.1) is 0 Å². The molecule has 0 bridgehead atoms. The van der Waals surface area contributed by atoms with E-state index in [1.165, 1.54) is 28.6 Å². The highest BCUT2D eigenvalue weighted by Gasteiger charge is 2.26. The summed E-state index contributed by atoms with van der Waals surface area (Å²) in [5, 5.41) is 0. The molecule has 0 unspecified atom stereocenters. The van der Waals surface area contributed by atoms with Crippen molar-refractivity contribution in [1.82, 2.24) is 4.31 Å². The molecule has 1 aliphatic heterocycles. The molecule has 2 aromatic rings. The minimum Gasteiger partial charge on any atom is -0.379 e. The molecule has 1 fully saturated rings. The van der Waals surface area contributed by atoms with Gasteiger partial charge in [-0.2, -0.15) is 4.31 Å². The van der Waals surface area contributed by atoms with Crippen LogP contribution in [-0.4, -0.2) is 47.4 Å². The third-order valence-corrected chi connectivity index (χ3v) is 7.64. The van der Waals surface area contributed by atoms with Gasteiger partial charge in [-0.05, 0) is 48.4 Å². The summed E-state index contributed by atoms with van der Waals surface area (Å²) in [4.78, 5) is 0.0710. The average molecular weight is 411 g/mol. The zero-order valence-electron chi connectivity index (χ0n) is 15.0. The molecule has 0 atom stereocenters. The van der Waals surface area contributed by atoms with Crippen molar-refractivity contribution in [2.75, 3.05) is 31.0 Å². The van der Waals surface area contributed by atoms with Crippen molar-refractivity contribution in [2.45, 2.75) is 23.1 Å². The highest BCUT2D eigenvalue weighted by molar-refractivity contribution is 7.92. The van der Waals surface area contributed by atoms with Gasteiger partial charge in [0.1, 0.15) is 0 Å². The van der Waals surface area contributed by atoms with Crippen molar-refractivity contribution in [3.05, 3.63) is 54.1 Å². The van der Waals surface area contributed by atoms with Gasteiger partial charge in [0, 0.05) is 18.8 Å². The van der Waals surface area contributed by atoms with Crippen LogP contribution in [0.2, 0.25) is 0 Å². The fourth-order valence-corrected chi connectivity index (χ4v) is 5.25. The quantitative estimate of drug-likeness (QED) is 0.787. The fraction of sp³-hybridized carbons (Fsp3) is 0.333. The van der Waals surface area contributed by atoms with Gasteiger partial charge in [-0.3, -0.25) is 4.72 Å². The van der Waals surface area contributed by atoms with Crippen LogP contribution in [0.1, 0.15) is 12.5 Å². The Hall–Kier alpha value is -1.94. The van der Waals surface area contributed by atoms with Crippen molar-refractivity contribution >= 4 is 25.7 Å². The summed E-state index contributed by atoms with van der Waals surface area (Å²) in [5.41, 5.74) is 1.49. The number of sulfonamides is 2. The Morgan fingerprint density at radius 1 is 0.963 bits per heavy atom. The highest BCUT2D eigenvalue weighted by Crippen LogP contribution is 2.21. The topological polar surface area (TPSA) is 92.8 Å². The summed E-state index contributed by atoms with van der Waals surface area (Å²) < 4.78 is 59.4. The highest BCUT2D eigenvalue weighted by atomic mass is 32.2. The molecule has 2 aromatic carbocycles. The van der Waals surface area contributed by atoms with E-state index in [4.69, 9.17) is 4.74 Å². The summed E-state index contributed by atoms with van der Waals surface area (Å²) in [5.74, 6) is 0. The third-order valence-electron chi connectivity index (χ3n) is 4.33. The van der Waals surface area contributed by atoms with Crippen LogP contribution in [0.25, 0.3) is 0 Å². The van der Waals surface area contributed by atoms with Crippen LogP contribution in [0.3, 0.4) is 0 Å². The Kier molecular flexibility index (Phi) is 5.85. The lowest BCUT2D eigenvalue weighted by atomic mass is 10.1. The summed E-state index contributed by atoms with van der Waals surface area (Å²) >= 11 is 0. The van der Waals surface area contributed by atoms with Gasteiger partial charge in [0.15, 0.2) is 0 Å². The van der Waals surface area contributed by atoms with E-state index in [0.29, 0.717) is 18.9 Å². The molecule has 9 heteroatoms. The fourth-order valence-electron chi connectivity index (χ4n) is 2.80. The van der Waals surface area contributed by atoms with Crippen LogP contribution >= 0.6 is 0 Å². The number of aryl methyl sites for hydroxylation is 1. The molecule has 1 N–H and O–H groups in total. The zero-order chi connectivity index (χ0) is 19.5. The van der Waals surface area contributed by atoms with Gasteiger partial charge in [0.05, 0.1) is 23.0 Å². The third kappa shape index (κ3) is 4.49. The van der Waals surface area contributed by atoms with Crippen LogP contribution in [0.4, 0.5) is 5.69 Å². The number of morpholine rings is 1. The molecule has 27 heavy (non-hydrogen) atoms. The SMILES string of the molecule is CCc1cccc(NS(=O)(=O)c2ccc(S(=O)(=O)N3CCOCC3)cc2)c1. The monoisotopic (exact) mass is 410 g/mol. The normalized spacial score (nSPS) is 16.2. The van der Waals surface area contributed by atoms with E-state index in [-0.39, 0.29) is 22.9 Å². The number of nitrogens with zero attached hydrogens (tertiary/aromatic N) is 1. The molecule has 146 valence electrons. The van der Waals surface area contributed by atoms with E-state index in [2.05, 4.69) is 4.72 Å². The molecule has 0 saturated carbocycles. The number of rotatable bonds is 6. The zero-order valence-corrected chi connectivity index (χ0v) is 16.6. The summed E-state index contributed by atoms with van der Waals surface area (Å²) in [6.07, 6.45) is 0.795. The molecule has 1 aliphatic rings. The van der Waals surface area contributed by atoms with Crippen LogP contribution < -0.4 is 4.72 Å². The van der Waals surface area contributed by atoms with Crippen molar-refractivity contribution in [1.29, 1.82) is 0 Å². The molecule has 0 aliphatic carbocycles. The second kappa shape index (κ2) is 7.97. The minimum atomic E-state index is -3.80. The first-order valence-electron chi connectivity index (χ1n) is 8.62. The van der Waals surface area contributed by atoms with Gasteiger partial charge in [0.25, 0.3) is 10.0 Å². The maximum atomic E-state index is 12.6. The number of nitrogens with one attached hydrogen (secondary N) is 1. The molecule has 7 nitrogen and oxygen atoms in total. The number of benzene rings is 2. The lowest BCUT2D eigenvalue weighted by Crippen LogP contribution is -2.40. The second-order valence-corrected chi connectivity index (χ2v) is 9.77. The van der Waals surface area contributed by atoms with Crippen LogP contribution in [0.15, 0.2) is 58.3 Å². The number of anilines is 1. The first-order chi connectivity index (χ1) is 12.8. The molecular weight excluding hydrogens is 388 g/mol. The lowest BCUT2D eigenvalue weighted by Gasteiger charge is -2.26. The van der Waals surface area contributed by atoms with Crippen LogP contribution in [0, 0.1) is 0 Å². The van der Waals surface area contributed by atoms with Gasteiger partial charge in [-0.25, -0.2) is 16.8 Å². The van der Waals surface area contributed by atoms with Crippen molar-refractivity contribution < 1.29 is 21.6 Å². The largest absolute Gasteiger partial charge is 0.379 e. The Labute approximate surface area is 160 Å². The van der Waals surface area contributed by atoms with Crippen molar-refractivity contribution in [3.8, 4) is 0 Å². The molecule has 1 heterocycles. The van der Waals surface area contributed by atoms with Gasteiger partial charge in [0.2, 0.25) is 10.0 Å². The van der Waals surface area contributed by atoms with Gasteiger partial charge >= 0.3 is 0 Å². The molecule has 3 rings (SSSR count). The Morgan fingerprint density at radius 2 is 1.59 bits per heavy atom. The number of hydrogen-bond donors (Lipinski definition) is 1. The average Bonchev–Trinajstić information content (AvgIpc) is 2.68. The molecule has 0 radical (unpaired) electrons. The minimum absolute atomic E-state index is 0.00493. The summed E-state index contributed by atoms with van der Waals surface area (Å²) in [6, 6.07) is 12.4.